The van der Waals surface area contributed by atoms with Crippen LogP contribution in [0.25, 0.3) is 10.9 Å². The number of nitrogens with zero attached hydrogens (tertiary/aromatic N) is 2. The van der Waals surface area contributed by atoms with E-state index in [1.165, 1.54) is 0 Å². The number of aromatic nitrogens is 1. The molecule has 0 saturated carbocycles. The molecule has 2 aliphatic rings. The number of amides is 1. The molecule has 3 heterocycles. The van der Waals surface area contributed by atoms with E-state index in [-0.39, 0.29) is 12.2 Å². The molecule has 1 aromatic carbocycles. The molecule has 1 amide bonds. The highest BCUT2D eigenvalue weighted by Crippen LogP contribution is 2.27. The zero-order valence-corrected chi connectivity index (χ0v) is 13.9. The number of hydrogen-bond donors (Lipinski definition) is 0. The Labute approximate surface area is 141 Å². The lowest BCUT2D eigenvalue weighted by molar-refractivity contribution is -0.0956. The topological polar surface area (TPSA) is 51.7 Å². The van der Waals surface area contributed by atoms with Crippen molar-refractivity contribution in [2.24, 2.45) is 5.92 Å². The summed E-state index contributed by atoms with van der Waals surface area (Å²) in [6.07, 6.45) is 1.78. The van der Waals surface area contributed by atoms with Gasteiger partial charge in [-0.2, -0.15) is 0 Å². The molecule has 2 aromatic rings. The molecule has 0 atom stereocenters. The third-order valence-corrected chi connectivity index (χ3v) is 4.93. The van der Waals surface area contributed by atoms with Gasteiger partial charge in [-0.1, -0.05) is 18.2 Å². The molecule has 5 heteroatoms. The molecule has 4 rings (SSSR count). The molecule has 0 unspecified atom stereocenters. The lowest BCUT2D eigenvalue weighted by Gasteiger charge is -2.34. The van der Waals surface area contributed by atoms with Crippen molar-refractivity contribution in [1.29, 1.82) is 0 Å². The Kier molecular flexibility index (Phi) is 4.21. The number of aryl methyl sites for hydroxylation is 1. The summed E-state index contributed by atoms with van der Waals surface area (Å²) >= 11 is 0. The van der Waals surface area contributed by atoms with E-state index in [4.69, 9.17) is 9.47 Å². The SMILES string of the molecule is Cc1cc(C(=O)N2CCC(C3OCCO3)CC2)c2ccccc2n1. The minimum Gasteiger partial charge on any atom is -0.350 e. The van der Waals surface area contributed by atoms with E-state index in [0.717, 1.165) is 48.1 Å². The lowest BCUT2D eigenvalue weighted by atomic mass is 9.95. The smallest absolute Gasteiger partial charge is 0.254 e. The second-order valence-corrected chi connectivity index (χ2v) is 6.57. The van der Waals surface area contributed by atoms with Crippen LogP contribution in [0.15, 0.2) is 30.3 Å². The molecule has 2 fully saturated rings. The van der Waals surface area contributed by atoms with Gasteiger partial charge in [-0.25, -0.2) is 0 Å². The van der Waals surface area contributed by atoms with Crippen molar-refractivity contribution in [3.63, 3.8) is 0 Å². The molecule has 1 aromatic heterocycles. The van der Waals surface area contributed by atoms with Crippen LogP contribution in [0.1, 0.15) is 28.9 Å². The van der Waals surface area contributed by atoms with Crippen molar-refractivity contribution < 1.29 is 14.3 Å². The highest BCUT2D eigenvalue weighted by atomic mass is 16.7. The fourth-order valence-corrected chi connectivity index (χ4v) is 3.68. The maximum absolute atomic E-state index is 13.0. The lowest BCUT2D eigenvalue weighted by Crippen LogP contribution is -2.41. The number of piperidine rings is 1. The second-order valence-electron chi connectivity index (χ2n) is 6.57. The predicted octanol–water partition coefficient (Wildman–Crippen LogP) is 2.77. The molecule has 5 nitrogen and oxygen atoms in total. The van der Waals surface area contributed by atoms with Gasteiger partial charge in [-0.3, -0.25) is 9.78 Å². The normalized spacial score (nSPS) is 20.0. The summed E-state index contributed by atoms with van der Waals surface area (Å²) < 4.78 is 11.2. The molecule has 0 aliphatic carbocycles. The van der Waals surface area contributed by atoms with Gasteiger partial charge >= 0.3 is 0 Å². The largest absolute Gasteiger partial charge is 0.350 e. The first kappa shape index (κ1) is 15.5. The van der Waals surface area contributed by atoms with Crippen LogP contribution in [0, 0.1) is 12.8 Å². The number of carbonyl (C=O) groups is 1. The van der Waals surface area contributed by atoms with Crippen LogP contribution >= 0.6 is 0 Å². The monoisotopic (exact) mass is 326 g/mol. The van der Waals surface area contributed by atoms with Crippen LogP contribution in [0.2, 0.25) is 0 Å². The van der Waals surface area contributed by atoms with E-state index in [1.54, 1.807) is 0 Å². The summed E-state index contributed by atoms with van der Waals surface area (Å²) in [5.74, 6) is 0.496. The minimum absolute atomic E-state index is 0.0775. The second kappa shape index (κ2) is 6.49. The van der Waals surface area contributed by atoms with Crippen LogP contribution in [0.5, 0.6) is 0 Å². The zero-order valence-electron chi connectivity index (χ0n) is 13.9. The average molecular weight is 326 g/mol. The zero-order chi connectivity index (χ0) is 16.5. The number of rotatable bonds is 2. The first-order chi connectivity index (χ1) is 11.7. The van der Waals surface area contributed by atoms with Gasteiger partial charge in [0.05, 0.1) is 24.3 Å². The number of fused-ring (bicyclic) bond motifs is 1. The van der Waals surface area contributed by atoms with Crippen molar-refractivity contribution in [3.8, 4) is 0 Å². The molecule has 2 aliphatic heterocycles. The molecule has 0 spiro atoms. The van der Waals surface area contributed by atoms with Crippen molar-refractivity contribution in [2.75, 3.05) is 26.3 Å². The summed E-state index contributed by atoms with van der Waals surface area (Å²) in [7, 11) is 0. The number of carbonyl (C=O) groups excluding carboxylic acids is 1. The van der Waals surface area contributed by atoms with Crippen molar-refractivity contribution in [3.05, 3.63) is 41.6 Å². The van der Waals surface area contributed by atoms with Crippen molar-refractivity contribution >= 4 is 16.8 Å². The fraction of sp³-hybridized carbons (Fsp3) is 0.474. The Bertz CT molecular complexity index is 747. The Morgan fingerprint density at radius 3 is 2.62 bits per heavy atom. The van der Waals surface area contributed by atoms with Crippen molar-refractivity contribution in [1.82, 2.24) is 9.88 Å². The number of benzene rings is 1. The summed E-state index contributed by atoms with van der Waals surface area (Å²) in [6, 6.07) is 9.75. The van der Waals surface area contributed by atoms with Gasteiger partial charge in [0.25, 0.3) is 5.91 Å². The van der Waals surface area contributed by atoms with E-state index in [9.17, 15) is 4.79 Å². The summed E-state index contributed by atoms with van der Waals surface area (Å²) in [5, 5.41) is 0.928. The Morgan fingerprint density at radius 2 is 1.88 bits per heavy atom. The number of pyridine rings is 1. The molecular weight excluding hydrogens is 304 g/mol. The van der Waals surface area contributed by atoms with E-state index in [0.29, 0.717) is 19.1 Å². The predicted molar refractivity (Wildman–Crippen MR) is 90.8 cm³/mol. The average Bonchev–Trinajstić information content (AvgIpc) is 3.15. The molecule has 0 bridgehead atoms. The summed E-state index contributed by atoms with van der Waals surface area (Å²) in [5.41, 5.74) is 2.51. The molecule has 24 heavy (non-hydrogen) atoms. The van der Waals surface area contributed by atoms with E-state index < -0.39 is 0 Å². The Morgan fingerprint density at radius 1 is 1.17 bits per heavy atom. The fourth-order valence-electron chi connectivity index (χ4n) is 3.68. The maximum atomic E-state index is 13.0. The first-order valence-corrected chi connectivity index (χ1v) is 8.61. The molecule has 0 radical (unpaired) electrons. The number of para-hydroxylation sites is 1. The Hall–Kier alpha value is -1.98. The van der Waals surface area contributed by atoms with Gasteiger partial charge in [-0.15, -0.1) is 0 Å². The van der Waals surface area contributed by atoms with Gasteiger partial charge < -0.3 is 14.4 Å². The quantitative estimate of drug-likeness (QED) is 0.851. The van der Waals surface area contributed by atoms with E-state index in [1.807, 2.05) is 42.2 Å². The van der Waals surface area contributed by atoms with Gasteiger partial charge in [0.2, 0.25) is 0 Å². The molecule has 0 N–H and O–H groups in total. The van der Waals surface area contributed by atoms with Crippen LogP contribution in [-0.4, -0.2) is 48.4 Å². The van der Waals surface area contributed by atoms with Gasteiger partial charge in [0.1, 0.15) is 0 Å². The standard InChI is InChI=1S/C19H22N2O3/c1-13-12-16(15-4-2-3-5-17(15)20-13)18(22)21-8-6-14(7-9-21)19-23-10-11-24-19/h2-5,12,14,19H,6-11H2,1H3. The third kappa shape index (κ3) is 2.89. The van der Waals surface area contributed by atoms with E-state index in [2.05, 4.69) is 4.98 Å². The first-order valence-electron chi connectivity index (χ1n) is 8.61. The van der Waals surface area contributed by atoms with E-state index >= 15 is 0 Å². The van der Waals surface area contributed by atoms with Crippen LogP contribution in [0.4, 0.5) is 0 Å². The highest BCUT2D eigenvalue weighted by molar-refractivity contribution is 6.06. The van der Waals surface area contributed by atoms with Gasteiger partial charge in [0, 0.05) is 30.1 Å². The molecular formula is C19H22N2O3. The Balaban J connectivity index is 1.52. The van der Waals surface area contributed by atoms with Gasteiger partial charge in [-0.05, 0) is 31.9 Å². The van der Waals surface area contributed by atoms with Crippen LogP contribution in [-0.2, 0) is 9.47 Å². The number of hydrogen-bond acceptors (Lipinski definition) is 4. The van der Waals surface area contributed by atoms with Crippen LogP contribution in [0.3, 0.4) is 0 Å². The van der Waals surface area contributed by atoms with Gasteiger partial charge in [0.15, 0.2) is 6.29 Å². The highest BCUT2D eigenvalue weighted by Gasteiger charge is 2.32. The van der Waals surface area contributed by atoms with Crippen LogP contribution < -0.4 is 0 Å². The third-order valence-electron chi connectivity index (χ3n) is 4.93. The number of ether oxygens (including phenoxy) is 2. The van der Waals surface area contributed by atoms with Crippen molar-refractivity contribution in [2.45, 2.75) is 26.1 Å². The minimum atomic E-state index is -0.0775. The molecule has 2 saturated heterocycles. The summed E-state index contributed by atoms with van der Waals surface area (Å²) in [6.45, 7) is 4.81. The molecule has 126 valence electrons. The number of likely N-dealkylation sites (tertiary alicyclic amines) is 1. The summed E-state index contributed by atoms with van der Waals surface area (Å²) in [4.78, 5) is 19.5. The maximum Gasteiger partial charge on any atom is 0.254 e.